The highest BCUT2D eigenvalue weighted by molar-refractivity contribution is 5.85. The fourth-order valence-electron chi connectivity index (χ4n) is 1.75. The Morgan fingerprint density at radius 1 is 1.33 bits per heavy atom. The second-order valence-electron chi connectivity index (χ2n) is 3.79. The highest BCUT2D eigenvalue weighted by Crippen LogP contribution is 2.10. The second-order valence-corrected chi connectivity index (χ2v) is 3.79. The van der Waals surface area contributed by atoms with Crippen LogP contribution in [-0.4, -0.2) is 42.6 Å². The highest BCUT2D eigenvalue weighted by Gasteiger charge is 2.21. The van der Waals surface area contributed by atoms with Crippen molar-refractivity contribution >= 4 is 30.6 Å². The first kappa shape index (κ1) is 17.4. The van der Waals surface area contributed by atoms with E-state index in [1.165, 1.54) is 0 Å². The number of nitrogens with one attached hydrogen (secondary N) is 1. The quantitative estimate of drug-likeness (QED) is 0.592. The summed E-state index contributed by atoms with van der Waals surface area (Å²) in [6, 6.07) is 0. The number of hydrogen-bond donors (Lipinski definition) is 2. The van der Waals surface area contributed by atoms with Crippen LogP contribution < -0.4 is 5.73 Å². The van der Waals surface area contributed by atoms with Crippen molar-refractivity contribution in [3.05, 3.63) is 0 Å². The average Bonchev–Trinajstić information content (AvgIpc) is 1.99. The molecule has 0 aromatic rings. The van der Waals surface area contributed by atoms with Gasteiger partial charge in [0.2, 0.25) is 0 Å². The minimum atomic E-state index is 0. The average molecular weight is 258 g/mol. The monoisotopic (exact) mass is 257 g/mol. The summed E-state index contributed by atoms with van der Waals surface area (Å²) >= 11 is 0. The van der Waals surface area contributed by atoms with Crippen molar-refractivity contribution in [2.75, 3.05) is 19.6 Å². The zero-order valence-corrected chi connectivity index (χ0v) is 10.9. The lowest BCUT2D eigenvalue weighted by molar-refractivity contribution is -0.0671. The van der Waals surface area contributed by atoms with E-state index in [9.17, 15) is 0 Å². The molecule has 3 N–H and O–H groups in total. The molecule has 92 valence electrons. The van der Waals surface area contributed by atoms with Crippen molar-refractivity contribution in [2.45, 2.75) is 32.5 Å². The van der Waals surface area contributed by atoms with Gasteiger partial charge in [-0.1, -0.05) is 0 Å². The van der Waals surface area contributed by atoms with Gasteiger partial charge in [0.05, 0.1) is 18.0 Å². The number of nitrogens with zero attached hydrogens (tertiary/aromatic N) is 1. The Kier molecular flexibility index (Phi) is 9.45. The molecule has 0 radical (unpaired) electrons. The van der Waals surface area contributed by atoms with E-state index in [1.54, 1.807) is 0 Å². The van der Waals surface area contributed by atoms with Crippen LogP contribution in [0.4, 0.5) is 0 Å². The summed E-state index contributed by atoms with van der Waals surface area (Å²) in [6.45, 7) is 6.95. The number of rotatable bonds is 3. The summed E-state index contributed by atoms with van der Waals surface area (Å²) in [6.07, 6.45) is 1.27. The van der Waals surface area contributed by atoms with Gasteiger partial charge >= 0.3 is 0 Å². The fraction of sp³-hybridized carbons (Fsp3) is 0.889. The van der Waals surface area contributed by atoms with Crippen LogP contribution in [0.15, 0.2) is 0 Å². The van der Waals surface area contributed by atoms with Gasteiger partial charge in [0.1, 0.15) is 0 Å². The standard InChI is InChI=1S/C9H19N3O.2ClH/c1-7-5-12(4-3-9(10)11)6-8(2)13-7;;/h7-8H,3-6H2,1-2H3,(H3,10,11);2*1H. The second kappa shape index (κ2) is 8.16. The minimum Gasteiger partial charge on any atom is -0.388 e. The van der Waals surface area contributed by atoms with E-state index >= 15 is 0 Å². The van der Waals surface area contributed by atoms with E-state index in [-0.39, 0.29) is 30.6 Å². The van der Waals surface area contributed by atoms with E-state index in [0.29, 0.717) is 18.6 Å². The topological polar surface area (TPSA) is 62.3 Å². The van der Waals surface area contributed by atoms with Crippen LogP contribution in [-0.2, 0) is 4.74 Å². The zero-order valence-electron chi connectivity index (χ0n) is 9.23. The van der Waals surface area contributed by atoms with Gasteiger partial charge in [0, 0.05) is 26.1 Å². The molecule has 1 saturated heterocycles. The zero-order chi connectivity index (χ0) is 9.84. The lowest BCUT2D eigenvalue weighted by atomic mass is 10.2. The van der Waals surface area contributed by atoms with Crippen LogP contribution in [0.2, 0.25) is 0 Å². The minimum absolute atomic E-state index is 0. The Balaban J connectivity index is 0. The molecule has 0 saturated carbocycles. The fourth-order valence-corrected chi connectivity index (χ4v) is 1.75. The number of nitrogens with two attached hydrogens (primary N) is 1. The molecular weight excluding hydrogens is 237 g/mol. The van der Waals surface area contributed by atoms with Crippen molar-refractivity contribution in [3.63, 3.8) is 0 Å². The molecule has 0 bridgehead atoms. The summed E-state index contributed by atoms with van der Waals surface area (Å²) in [4.78, 5) is 2.31. The Morgan fingerprint density at radius 3 is 2.20 bits per heavy atom. The Hall–Kier alpha value is -0.0300. The van der Waals surface area contributed by atoms with Crippen molar-refractivity contribution < 1.29 is 4.74 Å². The van der Waals surface area contributed by atoms with Gasteiger partial charge in [-0.05, 0) is 13.8 Å². The van der Waals surface area contributed by atoms with Gasteiger partial charge in [-0.25, -0.2) is 0 Å². The van der Waals surface area contributed by atoms with Crippen LogP contribution in [0.3, 0.4) is 0 Å². The smallest absolute Gasteiger partial charge is 0.0918 e. The number of ether oxygens (including phenoxy) is 1. The third-order valence-corrected chi connectivity index (χ3v) is 2.19. The van der Waals surface area contributed by atoms with Crippen molar-refractivity contribution in [2.24, 2.45) is 5.73 Å². The maximum absolute atomic E-state index is 7.13. The van der Waals surface area contributed by atoms with E-state index in [2.05, 4.69) is 18.7 Å². The molecule has 1 aliphatic heterocycles. The first-order valence-electron chi connectivity index (χ1n) is 4.78. The lowest BCUT2D eigenvalue weighted by Gasteiger charge is -2.35. The Morgan fingerprint density at radius 2 is 1.80 bits per heavy atom. The van der Waals surface area contributed by atoms with E-state index in [1.807, 2.05) is 0 Å². The van der Waals surface area contributed by atoms with Gasteiger partial charge < -0.3 is 10.5 Å². The van der Waals surface area contributed by atoms with Crippen LogP contribution in [0.1, 0.15) is 20.3 Å². The van der Waals surface area contributed by atoms with Gasteiger partial charge in [0.25, 0.3) is 0 Å². The SMILES string of the molecule is CC1CN(CCC(=N)N)CC(C)O1.Cl.Cl. The molecule has 15 heavy (non-hydrogen) atoms. The third-order valence-electron chi connectivity index (χ3n) is 2.19. The molecule has 1 aliphatic rings. The molecule has 0 spiro atoms. The van der Waals surface area contributed by atoms with Gasteiger partial charge in [-0.2, -0.15) is 0 Å². The predicted molar refractivity (Wildman–Crippen MR) is 67.5 cm³/mol. The summed E-state index contributed by atoms with van der Waals surface area (Å²) in [7, 11) is 0. The van der Waals surface area contributed by atoms with Gasteiger partial charge in [-0.15, -0.1) is 24.8 Å². The first-order chi connectivity index (χ1) is 6.08. The molecule has 2 atom stereocenters. The molecule has 1 rings (SSSR count). The number of amidine groups is 1. The summed E-state index contributed by atoms with van der Waals surface area (Å²) in [5.74, 6) is 0.270. The maximum Gasteiger partial charge on any atom is 0.0918 e. The van der Waals surface area contributed by atoms with Crippen molar-refractivity contribution in [1.82, 2.24) is 4.90 Å². The summed E-state index contributed by atoms with van der Waals surface area (Å²) in [5, 5.41) is 7.13. The first-order valence-corrected chi connectivity index (χ1v) is 4.78. The maximum atomic E-state index is 7.13. The van der Waals surface area contributed by atoms with E-state index < -0.39 is 0 Å². The number of morpholine rings is 1. The molecule has 1 heterocycles. The normalized spacial score (nSPS) is 26.3. The molecule has 0 aromatic heterocycles. The third kappa shape index (κ3) is 6.95. The number of hydrogen-bond acceptors (Lipinski definition) is 3. The molecule has 4 nitrogen and oxygen atoms in total. The van der Waals surface area contributed by atoms with E-state index in [4.69, 9.17) is 15.9 Å². The Bertz CT molecular complexity index is 182. The van der Waals surface area contributed by atoms with Crippen molar-refractivity contribution in [1.29, 1.82) is 5.41 Å². The van der Waals surface area contributed by atoms with Crippen LogP contribution in [0.5, 0.6) is 0 Å². The molecule has 0 aliphatic carbocycles. The van der Waals surface area contributed by atoms with Crippen LogP contribution in [0.25, 0.3) is 0 Å². The van der Waals surface area contributed by atoms with Crippen LogP contribution >= 0.6 is 24.8 Å². The van der Waals surface area contributed by atoms with Gasteiger partial charge in [-0.3, -0.25) is 10.3 Å². The highest BCUT2D eigenvalue weighted by atomic mass is 35.5. The van der Waals surface area contributed by atoms with E-state index in [0.717, 1.165) is 19.6 Å². The molecule has 2 unspecified atom stereocenters. The largest absolute Gasteiger partial charge is 0.388 e. The van der Waals surface area contributed by atoms with Crippen LogP contribution in [0, 0.1) is 5.41 Å². The number of halogens is 2. The lowest BCUT2D eigenvalue weighted by Crippen LogP contribution is -2.46. The molecule has 0 aromatic carbocycles. The van der Waals surface area contributed by atoms with Gasteiger partial charge in [0.15, 0.2) is 0 Å². The summed E-state index contributed by atoms with van der Waals surface area (Å²) in [5.41, 5.74) is 5.30. The molecule has 6 heteroatoms. The molecule has 1 fully saturated rings. The molecular formula is C9H21Cl2N3O. The summed E-state index contributed by atoms with van der Waals surface area (Å²) < 4.78 is 5.60. The Labute approximate surface area is 104 Å². The molecule has 0 amide bonds. The van der Waals surface area contributed by atoms with Crippen molar-refractivity contribution in [3.8, 4) is 0 Å². The predicted octanol–water partition coefficient (Wildman–Crippen LogP) is 1.27.